The molecule has 1 atom stereocenters. The van der Waals surface area contributed by atoms with Gasteiger partial charge < -0.3 is 15.0 Å². The summed E-state index contributed by atoms with van der Waals surface area (Å²) in [7, 11) is 1.73. The summed E-state index contributed by atoms with van der Waals surface area (Å²) in [6.07, 6.45) is 0. The van der Waals surface area contributed by atoms with Gasteiger partial charge in [0.1, 0.15) is 0 Å². The SMILES string of the molecule is CCNCc1sc(N2CCSC(C)C2)nc1COC. The molecule has 4 nitrogen and oxygen atoms in total. The first-order valence-corrected chi connectivity index (χ1v) is 8.65. The Kier molecular flexibility index (Phi) is 5.94. The Morgan fingerprint density at radius 2 is 2.37 bits per heavy atom. The third-order valence-corrected chi connectivity index (χ3v) is 5.39. The number of nitrogens with one attached hydrogen (secondary N) is 1. The first-order chi connectivity index (χ1) is 9.24. The summed E-state index contributed by atoms with van der Waals surface area (Å²) in [6.45, 7) is 9.11. The van der Waals surface area contributed by atoms with Crippen molar-refractivity contribution in [2.24, 2.45) is 0 Å². The summed E-state index contributed by atoms with van der Waals surface area (Å²) in [5.41, 5.74) is 1.09. The largest absolute Gasteiger partial charge is 0.378 e. The molecule has 0 spiro atoms. The molecule has 1 aliphatic heterocycles. The van der Waals surface area contributed by atoms with E-state index in [-0.39, 0.29) is 0 Å². The lowest BCUT2D eigenvalue weighted by Crippen LogP contribution is -2.36. The van der Waals surface area contributed by atoms with Gasteiger partial charge in [-0.15, -0.1) is 11.3 Å². The number of aromatic nitrogens is 1. The van der Waals surface area contributed by atoms with Crippen molar-refractivity contribution in [3.8, 4) is 0 Å². The normalized spacial score (nSPS) is 19.9. The highest BCUT2D eigenvalue weighted by molar-refractivity contribution is 8.00. The van der Waals surface area contributed by atoms with Gasteiger partial charge in [0.15, 0.2) is 5.13 Å². The van der Waals surface area contributed by atoms with Gasteiger partial charge in [0.05, 0.1) is 12.3 Å². The van der Waals surface area contributed by atoms with Crippen molar-refractivity contribution in [1.82, 2.24) is 10.3 Å². The van der Waals surface area contributed by atoms with Gasteiger partial charge in [0.2, 0.25) is 0 Å². The Balaban J connectivity index is 2.11. The van der Waals surface area contributed by atoms with Gasteiger partial charge >= 0.3 is 0 Å². The molecule has 0 radical (unpaired) electrons. The van der Waals surface area contributed by atoms with Crippen molar-refractivity contribution in [2.45, 2.75) is 32.2 Å². The van der Waals surface area contributed by atoms with Gasteiger partial charge in [-0.25, -0.2) is 4.98 Å². The zero-order valence-electron chi connectivity index (χ0n) is 11.9. The summed E-state index contributed by atoms with van der Waals surface area (Å²) in [5, 5.41) is 5.24. The summed E-state index contributed by atoms with van der Waals surface area (Å²) >= 11 is 3.86. The first kappa shape index (κ1) is 15.1. The van der Waals surface area contributed by atoms with Crippen LogP contribution in [0.5, 0.6) is 0 Å². The van der Waals surface area contributed by atoms with Crippen molar-refractivity contribution >= 4 is 28.2 Å². The van der Waals surface area contributed by atoms with Gasteiger partial charge in [0.25, 0.3) is 0 Å². The van der Waals surface area contributed by atoms with Crippen LogP contribution in [0.2, 0.25) is 0 Å². The molecule has 108 valence electrons. The van der Waals surface area contributed by atoms with Crippen molar-refractivity contribution in [2.75, 3.05) is 37.4 Å². The molecule has 2 heterocycles. The van der Waals surface area contributed by atoms with Gasteiger partial charge in [-0.2, -0.15) is 11.8 Å². The molecule has 1 aromatic rings. The number of thioether (sulfide) groups is 1. The number of anilines is 1. The van der Waals surface area contributed by atoms with E-state index in [2.05, 4.69) is 24.1 Å². The van der Waals surface area contributed by atoms with E-state index < -0.39 is 0 Å². The second-order valence-electron chi connectivity index (χ2n) is 4.71. The smallest absolute Gasteiger partial charge is 0.185 e. The minimum absolute atomic E-state index is 0.607. The predicted octanol–water partition coefficient (Wildman–Crippen LogP) is 2.34. The van der Waals surface area contributed by atoms with Gasteiger partial charge in [-0.3, -0.25) is 0 Å². The monoisotopic (exact) mass is 301 g/mol. The third-order valence-electron chi connectivity index (χ3n) is 3.10. The first-order valence-electron chi connectivity index (χ1n) is 6.79. The number of thiazole rings is 1. The van der Waals surface area contributed by atoms with E-state index in [4.69, 9.17) is 9.72 Å². The van der Waals surface area contributed by atoms with Crippen LogP contribution < -0.4 is 10.2 Å². The zero-order chi connectivity index (χ0) is 13.7. The van der Waals surface area contributed by atoms with Crippen LogP contribution in [0.1, 0.15) is 24.4 Å². The maximum atomic E-state index is 5.26. The zero-order valence-corrected chi connectivity index (χ0v) is 13.6. The lowest BCUT2D eigenvalue weighted by Gasteiger charge is -2.30. The van der Waals surface area contributed by atoms with Crippen molar-refractivity contribution in [3.05, 3.63) is 10.6 Å². The molecular weight excluding hydrogens is 278 g/mol. The van der Waals surface area contributed by atoms with E-state index >= 15 is 0 Å². The Labute approximate surface area is 123 Å². The second kappa shape index (κ2) is 7.47. The van der Waals surface area contributed by atoms with Crippen LogP contribution in [0.25, 0.3) is 0 Å². The number of ether oxygens (including phenoxy) is 1. The average Bonchev–Trinajstić information content (AvgIpc) is 2.80. The highest BCUT2D eigenvalue weighted by atomic mass is 32.2. The van der Waals surface area contributed by atoms with Crippen LogP contribution >= 0.6 is 23.1 Å². The number of methoxy groups -OCH3 is 1. The van der Waals surface area contributed by atoms with E-state index in [9.17, 15) is 0 Å². The number of rotatable bonds is 6. The van der Waals surface area contributed by atoms with Crippen LogP contribution in [-0.4, -0.2) is 42.7 Å². The Bertz CT molecular complexity index is 397. The topological polar surface area (TPSA) is 37.4 Å². The minimum Gasteiger partial charge on any atom is -0.378 e. The van der Waals surface area contributed by atoms with Gasteiger partial charge in [0, 0.05) is 42.6 Å². The maximum Gasteiger partial charge on any atom is 0.185 e. The van der Waals surface area contributed by atoms with Crippen molar-refractivity contribution < 1.29 is 4.74 Å². The molecule has 1 aromatic heterocycles. The molecule has 0 aromatic carbocycles. The van der Waals surface area contributed by atoms with Crippen LogP contribution in [0.3, 0.4) is 0 Å². The quantitative estimate of drug-likeness (QED) is 0.873. The van der Waals surface area contributed by atoms with E-state index in [1.165, 1.54) is 10.6 Å². The molecule has 1 N–H and O–H groups in total. The summed E-state index contributed by atoms with van der Waals surface area (Å²) in [5.74, 6) is 1.20. The standard InChI is InChI=1S/C13H23N3OS2/c1-4-14-7-12-11(9-17-3)15-13(19-12)16-5-6-18-10(2)8-16/h10,14H,4-9H2,1-3H3. The molecular formula is C13H23N3OS2. The molecule has 1 fully saturated rings. The van der Waals surface area contributed by atoms with Crippen LogP contribution in [0.15, 0.2) is 0 Å². The molecule has 1 aliphatic rings. The van der Waals surface area contributed by atoms with Crippen molar-refractivity contribution in [3.63, 3.8) is 0 Å². The van der Waals surface area contributed by atoms with Crippen LogP contribution in [-0.2, 0) is 17.9 Å². The second-order valence-corrected chi connectivity index (χ2v) is 7.32. The molecule has 1 unspecified atom stereocenters. The lowest BCUT2D eigenvalue weighted by atomic mass is 10.3. The fraction of sp³-hybridized carbons (Fsp3) is 0.769. The lowest BCUT2D eigenvalue weighted by molar-refractivity contribution is 0.181. The van der Waals surface area contributed by atoms with Crippen molar-refractivity contribution in [1.29, 1.82) is 0 Å². The van der Waals surface area contributed by atoms with Gasteiger partial charge in [-0.1, -0.05) is 13.8 Å². The predicted molar refractivity (Wildman–Crippen MR) is 84.3 cm³/mol. The summed E-state index contributed by atoms with van der Waals surface area (Å²) in [4.78, 5) is 8.51. The molecule has 6 heteroatoms. The molecule has 2 rings (SSSR count). The summed E-state index contributed by atoms with van der Waals surface area (Å²) in [6, 6.07) is 0. The van der Waals surface area contributed by atoms with E-state index in [0.29, 0.717) is 11.9 Å². The molecule has 19 heavy (non-hydrogen) atoms. The number of hydrogen-bond donors (Lipinski definition) is 1. The van der Waals surface area contributed by atoms with Crippen LogP contribution in [0, 0.1) is 0 Å². The minimum atomic E-state index is 0.607. The van der Waals surface area contributed by atoms with E-state index in [1.54, 1.807) is 7.11 Å². The molecule has 0 amide bonds. The fourth-order valence-electron chi connectivity index (χ4n) is 2.12. The van der Waals surface area contributed by atoms with Gasteiger partial charge in [-0.05, 0) is 6.54 Å². The van der Waals surface area contributed by atoms with E-state index in [0.717, 1.165) is 37.0 Å². The van der Waals surface area contributed by atoms with E-state index in [1.807, 2.05) is 23.1 Å². The maximum absolute atomic E-state index is 5.26. The number of hydrogen-bond acceptors (Lipinski definition) is 6. The molecule has 0 bridgehead atoms. The molecule has 0 aliphatic carbocycles. The average molecular weight is 301 g/mol. The highest BCUT2D eigenvalue weighted by Crippen LogP contribution is 2.30. The van der Waals surface area contributed by atoms with Crippen LogP contribution in [0.4, 0.5) is 5.13 Å². The fourth-order valence-corrected chi connectivity index (χ4v) is 4.20. The number of nitrogens with zero attached hydrogens (tertiary/aromatic N) is 2. The highest BCUT2D eigenvalue weighted by Gasteiger charge is 2.21. The third kappa shape index (κ3) is 4.08. The Hall–Kier alpha value is -0.300. The molecule has 0 saturated carbocycles. The molecule has 1 saturated heterocycles. The summed E-state index contributed by atoms with van der Waals surface area (Å²) < 4.78 is 5.26. The Morgan fingerprint density at radius 3 is 3.05 bits per heavy atom. The Morgan fingerprint density at radius 1 is 1.53 bits per heavy atom.